The predicted molar refractivity (Wildman–Crippen MR) is 130 cm³/mol. The summed E-state index contributed by atoms with van der Waals surface area (Å²) in [6.45, 7) is 1.00. The smallest absolute Gasteiger partial charge is 0.234 e. The van der Waals surface area contributed by atoms with Gasteiger partial charge < -0.3 is 9.64 Å². The lowest BCUT2D eigenvalue weighted by molar-refractivity contribution is -0.147. The number of carbonyl (C=O) groups excluding carboxylic acids is 1. The van der Waals surface area contributed by atoms with Crippen molar-refractivity contribution < 1.29 is 13.9 Å². The van der Waals surface area contributed by atoms with Gasteiger partial charge in [0.15, 0.2) is 0 Å². The van der Waals surface area contributed by atoms with Crippen LogP contribution in [0, 0.1) is 11.7 Å². The van der Waals surface area contributed by atoms with Crippen LogP contribution in [0.3, 0.4) is 0 Å². The lowest BCUT2D eigenvalue weighted by Crippen LogP contribution is -2.56. The van der Waals surface area contributed by atoms with E-state index < -0.39 is 5.41 Å². The molecule has 3 fully saturated rings. The summed E-state index contributed by atoms with van der Waals surface area (Å²) in [4.78, 5) is 21.0. The molecule has 0 N–H and O–H groups in total. The lowest BCUT2D eigenvalue weighted by atomic mass is 9.71. The van der Waals surface area contributed by atoms with Gasteiger partial charge in [-0.15, -0.1) is 0 Å². The largest absolute Gasteiger partial charge is 0.381 e. The van der Waals surface area contributed by atoms with Crippen LogP contribution in [0.25, 0.3) is 10.9 Å². The van der Waals surface area contributed by atoms with E-state index in [0.29, 0.717) is 37.5 Å². The highest BCUT2D eigenvalue weighted by atomic mass is 19.1. The van der Waals surface area contributed by atoms with E-state index in [0.717, 1.165) is 37.6 Å². The van der Waals surface area contributed by atoms with Crippen molar-refractivity contribution in [1.82, 2.24) is 9.88 Å². The SMILES string of the molecule is O=C(N1[C@H]2CC[C@H]1CC(Cc1cnc3ccccc3c1)C2)C1(c2ccccc2F)CCOCC1. The second-order valence-corrected chi connectivity index (χ2v) is 10.3. The molecule has 34 heavy (non-hydrogen) atoms. The summed E-state index contributed by atoms with van der Waals surface area (Å²) in [5, 5.41) is 1.18. The van der Waals surface area contributed by atoms with Crippen LogP contribution in [-0.4, -0.2) is 41.1 Å². The molecule has 2 bridgehead atoms. The molecular formula is C29H31FN2O2. The summed E-state index contributed by atoms with van der Waals surface area (Å²) in [5.41, 5.74) is 2.04. The van der Waals surface area contributed by atoms with Crippen molar-refractivity contribution in [2.24, 2.45) is 5.92 Å². The number of hydrogen-bond donors (Lipinski definition) is 0. The molecule has 0 unspecified atom stereocenters. The minimum atomic E-state index is -0.806. The molecule has 3 saturated heterocycles. The summed E-state index contributed by atoms with van der Waals surface area (Å²) >= 11 is 0. The number of hydrogen-bond acceptors (Lipinski definition) is 3. The van der Waals surface area contributed by atoms with Crippen molar-refractivity contribution in [1.29, 1.82) is 0 Å². The van der Waals surface area contributed by atoms with Crippen LogP contribution in [-0.2, 0) is 21.4 Å². The first-order chi connectivity index (χ1) is 16.6. The van der Waals surface area contributed by atoms with Crippen LogP contribution in [0.1, 0.15) is 49.7 Å². The summed E-state index contributed by atoms with van der Waals surface area (Å²) < 4.78 is 20.6. The van der Waals surface area contributed by atoms with Gasteiger partial charge in [-0.05, 0) is 74.6 Å². The maximum absolute atomic E-state index is 15.0. The van der Waals surface area contributed by atoms with E-state index in [1.54, 1.807) is 12.1 Å². The molecule has 4 nitrogen and oxygen atoms in total. The van der Waals surface area contributed by atoms with E-state index in [9.17, 15) is 9.18 Å². The molecule has 0 aliphatic carbocycles. The van der Waals surface area contributed by atoms with Crippen LogP contribution in [0.5, 0.6) is 0 Å². The first-order valence-electron chi connectivity index (χ1n) is 12.6. The summed E-state index contributed by atoms with van der Waals surface area (Å²) in [6, 6.07) is 17.8. The van der Waals surface area contributed by atoms with Gasteiger partial charge >= 0.3 is 0 Å². The van der Waals surface area contributed by atoms with E-state index in [1.165, 1.54) is 17.0 Å². The maximum atomic E-state index is 15.0. The van der Waals surface area contributed by atoms with Gasteiger partial charge in [-0.2, -0.15) is 0 Å². The van der Waals surface area contributed by atoms with Crippen molar-refractivity contribution in [3.8, 4) is 0 Å². The monoisotopic (exact) mass is 458 g/mol. The second-order valence-electron chi connectivity index (χ2n) is 10.3. The number of piperidine rings is 1. The topological polar surface area (TPSA) is 42.4 Å². The fourth-order valence-electron chi connectivity index (χ4n) is 6.76. The van der Waals surface area contributed by atoms with E-state index in [2.05, 4.69) is 28.1 Å². The molecule has 5 heteroatoms. The molecular weight excluding hydrogens is 427 g/mol. The van der Waals surface area contributed by atoms with Crippen LogP contribution < -0.4 is 0 Å². The van der Waals surface area contributed by atoms with Gasteiger partial charge in [-0.3, -0.25) is 9.78 Å². The van der Waals surface area contributed by atoms with Crippen molar-refractivity contribution in [2.75, 3.05) is 13.2 Å². The van der Waals surface area contributed by atoms with Gasteiger partial charge in [0.25, 0.3) is 0 Å². The van der Waals surface area contributed by atoms with E-state index in [4.69, 9.17) is 4.74 Å². The number of aromatic nitrogens is 1. The highest BCUT2D eigenvalue weighted by molar-refractivity contribution is 5.89. The Morgan fingerprint density at radius 2 is 1.74 bits per heavy atom. The maximum Gasteiger partial charge on any atom is 0.234 e. The fraction of sp³-hybridized carbons (Fsp3) is 0.448. The molecule has 0 radical (unpaired) electrons. The Balaban J connectivity index is 1.23. The van der Waals surface area contributed by atoms with Gasteiger partial charge in [0.1, 0.15) is 5.82 Å². The minimum Gasteiger partial charge on any atom is -0.381 e. The third-order valence-electron chi connectivity index (χ3n) is 8.38. The molecule has 1 aromatic heterocycles. The Hall–Kier alpha value is -2.79. The lowest BCUT2D eigenvalue weighted by Gasteiger charge is -2.46. The number of fused-ring (bicyclic) bond motifs is 3. The van der Waals surface area contributed by atoms with Crippen LogP contribution in [0.2, 0.25) is 0 Å². The highest BCUT2D eigenvalue weighted by Crippen LogP contribution is 2.45. The molecule has 6 rings (SSSR count). The molecule has 2 aromatic carbocycles. The Labute approximate surface area is 200 Å². The van der Waals surface area contributed by atoms with Gasteiger partial charge in [-0.1, -0.05) is 36.4 Å². The van der Waals surface area contributed by atoms with E-state index in [-0.39, 0.29) is 23.8 Å². The highest BCUT2D eigenvalue weighted by Gasteiger charge is 2.52. The van der Waals surface area contributed by atoms with Crippen molar-refractivity contribution in [3.05, 3.63) is 77.7 Å². The van der Waals surface area contributed by atoms with Crippen molar-refractivity contribution in [3.63, 3.8) is 0 Å². The van der Waals surface area contributed by atoms with Crippen LogP contribution in [0.15, 0.2) is 60.8 Å². The molecule has 176 valence electrons. The Bertz CT molecular complexity index is 1190. The zero-order valence-corrected chi connectivity index (χ0v) is 19.5. The average molecular weight is 459 g/mol. The first kappa shape index (κ1) is 21.7. The van der Waals surface area contributed by atoms with Gasteiger partial charge in [-0.25, -0.2) is 4.39 Å². The third kappa shape index (κ3) is 3.70. The number of amides is 1. The predicted octanol–water partition coefficient (Wildman–Crippen LogP) is 5.43. The normalized spacial score (nSPS) is 26.0. The standard InChI is InChI=1S/C29H31FN2O2/c30-26-7-3-2-6-25(26)29(11-13-34-14-12-29)28(33)32-23-9-10-24(32)18-20(17-23)15-21-16-22-5-1-4-8-27(22)31-19-21/h1-8,16,19-20,23-24H,9-15,17-18H2/t23-,24-/m0/s1. The number of nitrogens with zero attached hydrogens (tertiary/aromatic N) is 2. The van der Waals surface area contributed by atoms with Crippen molar-refractivity contribution in [2.45, 2.75) is 62.4 Å². The number of halogens is 1. The van der Waals surface area contributed by atoms with Gasteiger partial charge in [0.05, 0.1) is 10.9 Å². The number of pyridine rings is 1. The van der Waals surface area contributed by atoms with Crippen molar-refractivity contribution >= 4 is 16.8 Å². The van der Waals surface area contributed by atoms with Crippen LogP contribution in [0.4, 0.5) is 4.39 Å². The third-order valence-corrected chi connectivity index (χ3v) is 8.38. The molecule has 1 amide bonds. The quantitative estimate of drug-likeness (QED) is 0.523. The molecule has 3 aliphatic rings. The Morgan fingerprint density at radius 3 is 2.50 bits per heavy atom. The zero-order valence-electron chi connectivity index (χ0n) is 19.5. The average Bonchev–Trinajstić information content (AvgIpc) is 3.14. The van der Waals surface area contributed by atoms with E-state index in [1.807, 2.05) is 24.4 Å². The minimum absolute atomic E-state index is 0.124. The van der Waals surface area contributed by atoms with E-state index >= 15 is 0 Å². The van der Waals surface area contributed by atoms with Crippen LogP contribution >= 0.6 is 0 Å². The zero-order chi connectivity index (χ0) is 23.1. The molecule has 3 aliphatic heterocycles. The molecule has 0 spiro atoms. The summed E-state index contributed by atoms with van der Waals surface area (Å²) in [6.07, 6.45) is 8.23. The van der Waals surface area contributed by atoms with Gasteiger partial charge in [0, 0.05) is 42.4 Å². The number of benzene rings is 2. The number of carbonyl (C=O) groups is 1. The fourth-order valence-corrected chi connectivity index (χ4v) is 6.76. The number of ether oxygens (including phenoxy) is 1. The molecule has 0 saturated carbocycles. The number of rotatable bonds is 4. The number of para-hydroxylation sites is 1. The molecule has 3 aromatic rings. The Kier molecular flexibility index (Phi) is 5.60. The second kappa shape index (κ2) is 8.77. The Morgan fingerprint density at radius 1 is 1.03 bits per heavy atom. The summed E-state index contributed by atoms with van der Waals surface area (Å²) in [5.74, 6) is 0.395. The molecule has 2 atom stereocenters. The van der Waals surface area contributed by atoms with Gasteiger partial charge in [0.2, 0.25) is 5.91 Å². The first-order valence-corrected chi connectivity index (χ1v) is 12.6. The molecule has 4 heterocycles. The summed E-state index contributed by atoms with van der Waals surface area (Å²) in [7, 11) is 0.